The molecule has 0 bridgehead atoms. The highest BCUT2D eigenvalue weighted by Gasteiger charge is 2.25. The Hall–Kier alpha value is -2.01. The van der Waals surface area contributed by atoms with Crippen LogP contribution in [0, 0.1) is 0 Å². The first-order valence-electron chi connectivity index (χ1n) is 7.00. The summed E-state index contributed by atoms with van der Waals surface area (Å²) in [5.41, 5.74) is 7.83. The zero-order chi connectivity index (χ0) is 14.1. The topological polar surface area (TPSA) is 91.1 Å². The molecule has 0 spiro atoms. The van der Waals surface area contributed by atoms with Crippen LogP contribution in [-0.2, 0) is 0 Å². The summed E-state index contributed by atoms with van der Waals surface area (Å²) in [5.74, 6) is -0.146. The number of aliphatic hydroxyl groups is 1. The van der Waals surface area contributed by atoms with Gasteiger partial charge in [-0.15, -0.1) is 0 Å². The summed E-state index contributed by atoms with van der Waals surface area (Å²) >= 11 is 0. The molecule has 1 fully saturated rings. The molecule has 20 heavy (non-hydrogen) atoms. The van der Waals surface area contributed by atoms with Crippen LogP contribution in [0.25, 0.3) is 10.9 Å². The number of benzene rings is 1. The summed E-state index contributed by atoms with van der Waals surface area (Å²) in [6.45, 7) is 0. The summed E-state index contributed by atoms with van der Waals surface area (Å²) in [7, 11) is 0. The average molecular weight is 273 g/mol. The number of anilines is 1. The van der Waals surface area contributed by atoms with E-state index in [0.717, 1.165) is 36.6 Å². The van der Waals surface area contributed by atoms with E-state index < -0.39 is 6.10 Å². The number of rotatable bonds is 2. The molecule has 0 saturated heterocycles. The second-order valence-electron chi connectivity index (χ2n) is 5.44. The van der Waals surface area contributed by atoms with E-state index in [2.05, 4.69) is 10.3 Å². The summed E-state index contributed by atoms with van der Waals surface area (Å²) in [5, 5.41) is 13.7. The van der Waals surface area contributed by atoms with E-state index in [9.17, 15) is 9.90 Å². The predicted octanol–water partition coefficient (Wildman–Crippen LogP) is 1.78. The first kappa shape index (κ1) is 13.0. The number of nitrogen functional groups attached to an aromatic ring is 1. The molecule has 5 nitrogen and oxygen atoms in total. The van der Waals surface area contributed by atoms with Crippen molar-refractivity contribution in [3.05, 3.63) is 30.0 Å². The zero-order valence-electron chi connectivity index (χ0n) is 11.2. The molecule has 2 atom stereocenters. The highest BCUT2D eigenvalue weighted by atomic mass is 16.3. The second-order valence-corrected chi connectivity index (χ2v) is 5.44. The lowest BCUT2D eigenvalue weighted by Gasteiger charge is -2.28. The third kappa shape index (κ3) is 2.36. The third-order valence-electron chi connectivity index (χ3n) is 4.00. The van der Waals surface area contributed by atoms with Crippen LogP contribution in [0.4, 0.5) is 5.69 Å². The Labute approximate surface area is 117 Å². The highest BCUT2D eigenvalue weighted by molar-refractivity contribution is 6.07. The number of carbonyl (C=O) groups is 1. The van der Waals surface area contributed by atoms with Crippen LogP contribution in [0.2, 0.25) is 0 Å². The van der Waals surface area contributed by atoms with Crippen molar-refractivity contribution < 1.29 is 9.90 Å². The Morgan fingerprint density at radius 2 is 2.15 bits per heavy atom. The second kappa shape index (κ2) is 5.17. The van der Waals surface area contributed by atoms with Crippen molar-refractivity contribution in [1.29, 1.82) is 0 Å². The van der Waals surface area contributed by atoms with Crippen LogP contribution >= 0.6 is 0 Å². The van der Waals surface area contributed by atoms with Gasteiger partial charge in [0, 0.05) is 22.8 Å². The molecule has 1 aromatic heterocycles. The van der Waals surface area contributed by atoms with Crippen LogP contribution in [0.3, 0.4) is 0 Å². The number of amides is 1. The van der Waals surface area contributed by atoms with Crippen molar-refractivity contribution in [1.82, 2.24) is 10.3 Å². The van der Waals surface area contributed by atoms with Crippen LogP contribution in [-0.4, -0.2) is 28.1 Å². The van der Waals surface area contributed by atoms with Gasteiger partial charge in [-0.2, -0.15) is 0 Å². The van der Waals surface area contributed by atoms with Gasteiger partial charge in [0.05, 0.1) is 17.7 Å². The average Bonchev–Trinajstić information content (AvgIpc) is 2.84. The van der Waals surface area contributed by atoms with Gasteiger partial charge < -0.3 is 21.1 Å². The Bertz CT molecular complexity index is 635. The first-order chi connectivity index (χ1) is 9.65. The molecule has 106 valence electrons. The number of aliphatic hydroxyl groups excluding tert-OH is 1. The van der Waals surface area contributed by atoms with Crippen LogP contribution in [0.15, 0.2) is 24.4 Å². The van der Waals surface area contributed by atoms with Gasteiger partial charge in [-0.1, -0.05) is 12.8 Å². The molecule has 0 radical (unpaired) electrons. The van der Waals surface area contributed by atoms with Gasteiger partial charge in [0.15, 0.2) is 0 Å². The fourth-order valence-electron chi connectivity index (χ4n) is 2.86. The lowest BCUT2D eigenvalue weighted by atomic mass is 9.92. The van der Waals surface area contributed by atoms with Gasteiger partial charge >= 0.3 is 0 Å². The van der Waals surface area contributed by atoms with Crippen molar-refractivity contribution in [2.45, 2.75) is 37.8 Å². The van der Waals surface area contributed by atoms with E-state index in [1.54, 1.807) is 12.3 Å². The molecule has 1 saturated carbocycles. The highest BCUT2D eigenvalue weighted by Crippen LogP contribution is 2.22. The lowest BCUT2D eigenvalue weighted by Crippen LogP contribution is -2.45. The molecule has 5 heteroatoms. The van der Waals surface area contributed by atoms with Gasteiger partial charge in [0.25, 0.3) is 5.91 Å². The summed E-state index contributed by atoms with van der Waals surface area (Å²) < 4.78 is 0. The molecule has 2 unspecified atom stereocenters. The SMILES string of the molecule is Nc1ccc2c(C(=O)NC3CCCCC3O)c[nH]c2c1. The first-order valence-corrected chi connectivity index (χ1v) is 7.00. The maximum absolute atomic E-state index is 12.3. The largest absolute Gasteiger partial charge is 0.399 e. The van der Waals surface area contributed by atoms with Gasteiger partial charge in [0.1, 0.15) is 0 Å². The number of hydrogen-bond donors (Lipinski definition) is 4. The van der Waals surface area contributed by atoms with E-state index in [1.807, 2.05) is 12.1 Å². The van der Waals surface area contributed by atoms with Gasteiger partial charge in [-0.25, -0.2) is 0 Å². The number of hydrogen-bond acceptors (Lipinski definition) is 3. The number of H-pyrrole nitrogens is 1. The maximum Gasteiger partial charge on any atom is 0.253 e. The number of nitrogens with two attached hydrogens (primary N) is 1. The number of fused-ring (bicyclic) bond motifs is 1. The number of nitrogens with one attached hydrogen (secondary N) is 2. The fraction of sp³-hybridized carbons (Fsp3) is 0.400. The molecule has 5 N–H and O–H groups in total. The Balaban J connectivity index is 1.82. The van der Waals surface area contributed by atoms with E-state index >= 15 is 0 Å². The summed E-state index contributed by atoms with van der Waals surface area (Å²) in [6, 6.07) is 5.28. The number of aromatic amines is 1. The molecule has 1 aliphatic carbocycles. The zero-order valence-corrected chi connectivity index (χ0v) is 11.2. The molecule has 2 aromatic rings. The quantitative estimate of drug-likeness (QED) is 0.629. The molecular weight excluding hydrogens is 254 g/mol. The molecule has 1 aromatic carbocycles. The molecular formula is C15H19N3O2. The van der Waals surface area contributed by atoms with Gasteiger partial charge in [-0.05, 0) is 31.0 Å². The van der Waals surface area contributed by atoms with Crippen LogP contribution < -0.4 is 11.1 Å². The van der Waals surface area contributed by atoms with E-state index in [4.69, 9.17) is 5.73 Å². The fourth-order valence-corrected chi connectivity index (χ4v) is 2.86. The molecule has 1 heterocycles. The van der Waals surface area contributed by atoms with Crippen molar-refractivity contribution >= 4 is 22.5 Å². The minimum atomic E-state index is -0.437. The number of carbonyl (C=O) groups excluding carboxylic acids is 1. The maximum atomic E-state index is 12.3. The monoisotopic (exact) mass is 273 g/mol. The molecule has 1 amide bonds. The number of aromatic nitrogens is 1. The Kier molecular flexibility index (Phi) is 3.36. The lowest BCUT2D eigenvalue weighted by molar-refractivity contribution is 0.0718. The normalized spacial score (nSPS) is 22.9. The van der Waals surface area contributed by atoms with Crippen molar-refractivity contribution in [3.63, 3.8) is 0 Å². The molecule has 3 rings (SSSR count). The Morgan fingerprint density at radius 3 is 2.95 bits per heavy atom. The standard InChI is InChI=1S/C15H19N3O2/c16-9-5-6-10-11(8-17-13(10)7-9)15(20)18-12-3-1-2-4-14(12)19/h5-8,12,14,17,19H,1-4,16H2,(H,18,20). The van der Waals surface area contributed by atoms with Crippen LogP contribution in [0.5, 0.6) is 0 Å². The molecule has 0 aliphatic heterocycles. The minimum Gasteiger partial charge on any atom is -0.399 e. The van der Waals surface area contributed by atoms with E-state index in [-0.39, 0.29) is 11.9 Å². The van der Waals surface area contributed by atoms with Crippen molar-refractivity contribution in [3.8, 4) is 0 Å². The summed E-state index contributed by atoms with van der Waals surface area (Å²) in [6.07, 6.45) is 4.92. The minimum absolute atomic E-state index is 0.144. The predicted molar refractivity (Wildman–Crippen MR) is 78.4 cm³/mol. The van der Waals surface area contributed by atoms with Gasteiger partial charge in [-0.3, -0.25) is 4.79 Å². The van der Waals surface area contributed by atoms with E-state index in [0.29, 0.717) is 11.3 Å². The van der Waals surface area contributed by atoms with Gasteiger partial charge in [0.2, 0.25) is 0 Å². The Morgan fingerprint density at radius 1 is 1.35 bits per heavy atom. The van der Waals surface area contributed by atoms with E-state index in [1.165, 1.54) is 0 Å². The summed E-state index contributed by atoms with van der Waals surface area (Å²) in [4.78, 5) is 15.4. The van der Waals surface area contributed by atoms with Crippen LogP contribution in [0.1, 0.15) is 36.0 Å². The third-order valence-corrected chi connectivity index (χ3v) is 4.00. The molecule has 1 aliphatic rings. The smallest absolute Gasteiger partial charge is 0.253 e. The van der Waals surface area contributed by atoms with Crippen molar-refractivity contribution in [2.24, 2.45) is 0 Å². The van der Waals surface area contributed by atoms with Crippen molar-refractivity contribution in [2.75, 3.05) is 5.73 Å².